The predicted octanol–water partition coefficient (Wildman–Crippen LogP) is 0.193. The van der Waals surface area contributed by atoms with E-state index in [0.29, 0.717) is 22.3 Å². The van der Waals surface area contributed by atoms with Gasteiger partial charge >= 0.3 is 5.97 Å². The summed E-state index contributed by atoms with van der Waals surface area (Å²) in [7, 11) is 1.31. The Morgan fingerprint density at radius 2 is 2.47 bits per heavy atom. The number of halogens is 1. The second-order valence-electron chi connectivity index (χ2n) is 3.42. The first-order valence-corrected chi connectivity index (χ1v) is 5.44. The number of fused-ring (bicyclic) bond motifs is 1. The quantitative estimate of drug-likeness (QED) is 0.589. The molecule has 15 heavy (non-hydrogen) atoms. The van der Waals surface area contributed by atoms with E-state index in [2.05, 4.69) is 25.7 Å². The lowest BCUT2D eigenvalue weighted by molar-refractivity contribution is -0.144. The van der Waals surface area contributed by atoms with Gasteiger partial charge in [0.1, 0.15) is 0 Å². The van der Waals surface area contributed by atoms with Crippen LogP contribution in [0.5, 0.6) is 0 Å². The van der Waals surface area contributed by atoms with Crippen LogP contribution < -0.4 is 5.73 Å². The second kappa shape index (κ2) is 3.84. The molecule has 0 bridgehead atoms. The minimum Gasteiger partial charge on any atom is -0.478 e. The predicted molar refractivity (Wildman–Crippen MR) is 57.7 cm³/mol. The van der Waals surface area contributed by atoms with Gasteiger partial charge < -0.3 is 15.2 Å². The Morgan fingerprint density at radius 1 is 1.73 bits per heavy atom. The Balaban J connectivity index is 1.95. The van der Waals surface area contributed by atoms with Crippen molar-refractivity contribution in [2.45, 2.75) is 10.9 Å². The molecule has 0 aromatic carbocycles. The average Bonchev–Trinajstić information content (AvgIpc) is 2.85. The molecular weight excluding hydrogens is 264 g/mol. The maximum Gasteiger partial charge on any atom is 0.343 e. The highest BCUT2D eigenvalue weighted by Gasteiger charge is 2.50. The molecule has 0 saturated heterocycles. The number of hydrogen-bond acceptors (Lipinski definition) is 5. The Bertz CT molecular complexity index is 353. The molecule has 0 spiro atoms. The van der Waals surface area contributed by atoms with Gasteiger partial charge in [-0.2, -0.15) is 0 Å². The van der Waals surface area contributed by atoms with E-state index in [4.69, 9.17) is 10.5 Å². The number of alkyl halides is 1. The van der Waals surface area contributed by atoms with E-state index in [1.54, 1.807) is 0 Å². The van der Waals surface area contributed by atoms with E-state index < -0.39 is 5.97 Å². The van der Waals surface area contributed by atoms with E-state index in [-0.39, 0.29) is 12.6 Å². The summed E-state index contributed by atoms with van der Waals surface area (Å²) >= 11 is 3.47. The van der Waals surface area contributed by atoms with Crippen molar-refractivity contribution in [2.24, 2.45) is 16.6 Å². The lowest BCUT2D eigenvalue weighted by atomic mass is 10.2. The van der Waals surface area contributed by atoms with Crippen molar-refractivity contribution in [1.29, 1.82) is 0 Å². The molecule has 6 heteroatoms. The lowest BCUT2D eigenvalue weighted by Gasteiger charge is -2.11. The number of amidine groups is 1. The topological polar surface area (TPSA) is 73.9 Å². The highest BCUT2D eigenvalue weighted by Crippen LogP contribution is 2.45. The first-order valence-electron chi connectivity index (χ1n) is 4.52. The normalized spacial score (nSPS) is 32.3. The Kier molecular flexibility index (Phi) is 2.68. The SMILES string of the molecule is COC(=O)COC1=CC2C(Br)C2N=C1N. The molecular formula is C9H11BrN2O3. The standard InChI is InChI=1S/C9H11BrN2O3/c1-14-6(13)3-15-5-2-4-7(10)8(4)12-9(5)11/h2,4,7-8H,3H2,1H3,(H2,11,12). The zero-order valence-electron chi connectivity index (χ0n) is 8.14. The van der Waals surface area contributed by atoms with Crippen molar-refractivity contribution in [3.8, 4) is 0 Å². The molecule has 1 aliphatic carbocycles. The number of nitrogens with two attached hydrogens (primary N) is 1. The van der Waals surface area contributed by atoms with Gasteiger partial charge in [-0.1, -0.05) is 15.9 Å². The zero-order valence-corrected chi connectivity index (χ0v) is 9.73. The van der Waals surface area contributed by atoms with E-state index in [0.717, 1.165) is 0 Å². The number of methoxy groups -OCH3 is 1. The maximum atomic E-state index is 10.9. The number of carbonyl (C=O) groups is 1. The molecule has 1 saturated carbocycles. The van der Waals surface area contributed by atoms with Gasteiger partial charge in [0.15, 0.2) is 18.2 Å². The zero-order chi connectivity index (χ0) is 11.0. The summed E-state index contributed by atoms with van der Waals surface area (Å²) in [6.07, 6.45) is 1.90. The number of hydrogen-bond donors (Lipinski definition) is 1. The van der Waals surface area contributed by atoms with Crippen LogP contribution in [-0.2, 0) is 14.3 Å². The van der Waals surface area contributed by atoms with E-state index in [1.165, 1.54) is 7.11 Å². The minimum absolute atomic E-state index is 0.136. The van der Waals surface area contributed by atoms with Gasteiger partial charge in [0.25, 0.3) is 0 Å². The van der Waals surface area contributed by atoms with Gasteiger partial charge in [-0.3, -0.25) is 4.99 Å². The molecule has 3 atom stereocenters. The van der Waals surface area contributed by atoms with Gasteiger partial charge in [0.05, 0.1) is 13.2 Å². The van der Waals surface area contributed by atoms with Gasteiger partial charge in [-0.15, -0.1) is 0 Å². The molecule has 1 fully saturated rings. The summed E-state index contributed by atoms with van der Waals surface area (Å²) in [5, 5.41) is 0. The summed E-state index contributed by atoms with van der Waals surface area (Å²) in [6, 6.07) is 0.232. The molecule has 0 aromatic rings. The maximum absolute atomic E-state index is 10.9. The molecule has 2 rings (SSSR count). The number of aliphatic imine (C=N–C) groups is 1. The summed E-state index contributed by atoms with van der Waals surface area (Å²) in [5.74, 6) is 0.729. The largest absolute Gasteiger partial charge is 0.478 e. The minimum atomic E-state index is -0.433. The Morgan fingerprint density at radius 3 is 3.13 bits per heavy atom. The monoisotopic (exact) mass is 274 g/mol. The smallest absolute Gasteiger partial charge is 0.343 e. The van der Waals surface area contributed by atoms with Crippen LogP contribution >= 0.6 is 15.9 Å². The Labute approximate surface area is 95.4 Å². The van der Waals surface area contributed by atoms with Crippen molar-refractivity contribution >= 4 is 27.7 Å². The van der Waals surface area contributed by atoms with Crippen LogP contribution in [0.4, 0.5) is 0 Å². The summed E-state index contributed by atoms with van der Waals surface area (Å²) < 4.78 is 9.66. The third kappa shape index (κ3) is 1.99. The fourth-order valence-electron chi connectivity index (χ4n) is 1.43. The van der Waals surface area contributed by atoms with Gasteiger partial charge in [0.2, 0.25) is 0 Å². The van der Waals surface area contributed by atoms with Crippen molar-refractivity contribution < 1.29 is 14.3 Å². The van der Waals surface area contributed by atoms with Crippen LogP contribution in [0.15, 0.2) is 16.8 Å². The molecule has 0 aromatic heterocycles. The third-order valence-corrected chi connectivity index (χ3v) is 3.56. The first-order chi connectivity index (χ1) is 7.13. The van der Waals surface area contributed by atoms with Crippen LogP contribution in [0.25, 0.3) is 0 Å². The van der Waals surface area contributed by atoms with Gasteiger partial charge in [0, 0.05) is 10.7 Å². The summed E-state index contributed by atoms with van der Waals surface area (Å²) in [4.78, 5) is 15.4. The first kappa shape index (κ1) is 10.5. The van der Waals surface area contributed by atoms with Crippen molar-refractivity contribution in [3.63, 3.8) is 0 Å². The number of dihydropyridines is 1. The van der Waals surface area contributed by atoms with Crippen molar-refractivity contribution in [2.75, 3.05) is 13.7 Å². The van der Waals surface area contributed by atoms with Crippen LogP contribution in [0.2, 0.25) is 0 Å². The molecule has 1 aliphatic heterocycles. The fraction of sp³-hybridized carbons (Fsp3) is 0.556. The highest BCUT2D eigenvalue weighted by molar-refractivity contribution is 9.09. The van der Waals surface area contributed by atoms with E-state index >= 15 is 0 Å². The highest BCUT2D eigenvalue weighted by atomic mass is 79.9. The number of rotatable bonds is 3. The fourth-order valence-corrected chi connectivity index (χ4v) is 2.19. The van der Waals surface area contributed by atoms with Crippen molar-refractivity contribution in [3.05, 3.63) is 11.8 Å². The third-order valence-electron chi connectivity index (χ3n) is 2.41. The number of carbonyl (C=O) groups excluding carboxylic acids is 1. The molecule has 82 valence electrons. The molecule has 0 amide bonds. The molecule has 0 radical (unpaired) electrons. The number of nitrogens with zero attached hydrogens (tertiary/aromatic N) is 1. The van der Waals surface area contributed by atoms with Gasteiger partial charge in [-0.05, 0) is 6.08 Å². The average molecular weight is 275 g/mol. The van der Waals surface area contributed by atoms with Crippen LogP contribution in [0.1, 0.15) is 0 Å². The van der Waals surface area contributed by atoms with Crippen LogP contribution in [0, 0.1) is 5.92 Å². The summed E-state index contributed by atoms with van der Waals surface area (Å²) in [6.45, 7) is -0.136. The summed E-state index contributed by atoms with van der Waals surface area (Å²) in [5.41, 5.74) is 5.67. The van der Waals surface area contributed by atoms with E-state index in [9.17, 15) is 4.79 Å². The lowest BCUT2D eigenvalue weighted by Crippen LogP contribution is -2.23. The molecule has 2 N–H and O–H groups in total. The molecule has 3 unspecified atom stereocenters. The number of esters is 1. The van der Waals surface area contributed by atoms with E-state index in [1.807, 2.05) is 6.08 Å². The number of ether oxygens (including phenoxy) is 2. The molecule has 1 heterocycles. The van der Waals surface area contributed by atoms with Crippen LogP contribution in [0.3, 0.4) is 0 Å². The van der Waals surface area contributed by atoms with Crippen molar-refractivity contribution in [1.82, 2.24) is 0 Å². The van der Waals surface area contributed by atoms with Gasteiger partial charge in [-0.25, -0.2) is 4.79 Å². The molecule has 2 aliphatic rings. The second-order valence-corrected chi connectivity index (χ2v) is 4.48. The Hall–Kier alpha value is -1.04. The molecule has 5 nitrogen and oxygen atoms in total. The van der Waals surface area contributed by atoms with Crippen LogP contribution in [-0.4, -0.2) is 36.4 Å².